The largest absolute Gasteiger partial charge is 0.457 e. The van der Waals surface area contributed by atoms with E-state index in [4.69, 9.17) is 18.9 Å². The summed E-state index contributed by atoms with van der Waals surface area (Å²) in [6, 6.07) is 6.47. The van der Waals surface area contributed by atoms with E-state index in [9.17, 15) is 27.6 Å². The number of ketones is 1. The summed E-state index contributed by atoms with van der Waals surface area (Å²) < 4.78 is 64.5. The Hall–Kier alpha value is -2.98. The molecular formula is C29H35F3O7. The number of cyclic esters (lactones) is 1. The number of ether oxygens (including phenoxy) is 4. The van der Waals surface area contributed by atoms with Gasteiger partial charge in [0.15, 0.2) is 0 Å². The van der Waals surface area contributed by atoms with Crippen LogP contribution in [-0.4, -0.2) is 56.4 Å². The third-order valence-corrected chi connectivity index (χ3v) is 7.45. The zero-order chi connectivity index (χ0) is 29.0. The fraction of sp³-hybridized carbons (Fsp3) is 0.552. The fourth-order valence-electron chi connectivity index (χ4n) is 5.31. The van der Waals surface area contributed by atoms with Crippen molar-refractivity contribution in [2.24, 2.45) is 5.41 Å². The minimum absolute atomic E-state index is 0.239. The van der Waals surface area contributed by atoms with Crippen LogP contribution in [0.4, 0.5) is 13.2 Å². The normalized spacial score (nSPS) is 27.2. The Kier molecular flexibility index (Phi) is 9.43. The Labute approximate surface area is 226 Å². The Morgan fingerprint density at radius 2 is 1.77 bits per heavy atom. The third kappa shape index (κ3) is 6.11. The summed E-state index contributed by atoms with van der Waals surface area (Å²) in [7, 11) is 2.06. The van der Waals surface area contributed by atoms with Gasteiger partial charge in [-0.25, -0.2) is 4.79 Å². The van der Waals surface area contributed by atoms with E-state index in [0.717, 1.165) is 36.8 Å². The minimum atomic E-state index is -5.16. The van der Waals surface area contributed by atoms with Gasteiger partial charge in [0, 0.05) is 32.6 Å². The highest BCUT2D eigenvalue weighted by atomic mass is 19.4. The van der Waals surface area contributed by atoms with Gasteiger partial charge in [-0.3, -0.25) is 9.59 Å². The predicted octanol–water partition coefficient (Wildman–Crippen LogP) is 5.37. The number of rotatable bonds is 9. The topological polar surface area (TPSA) is 88.1 Å². The Morgan fingerprint density at radius 1 is 1.10 bits per heavy atom. The van der Waals surface area contributed by atoms with Gasteiger partial charge in [-0.15, -0.1) is 0 Å². The molecule has 0 bridgehead atoms. The second-order valence-corrected chi connectivity index (χ2v) is 10.4. The molecule has 0 N–H and O–H groups in total. The van der Waals surface area contributed by atoms with Crippen LogP contribution in [0, 0.1) is 5.41 Å². The molecular weight excluding hydrogens is 517 g/mol. The standard InChI is InChI=1S/C29H35F3O7/c1-18(2)10-9-11-19(3)14-24-27(17-25(34)39-24)16-22(21(36-4)15-23(27)33)38-26(35)28(37-5,29(30,31)32)20-12-7-6-8-13-20/h6-8,10,12-14,21-22,24H,9,11,15-17H2,1-5H3/b19-14+/t21-,22+,24-,27+,28+/m1/s1. The van der Waals surface area contributed by atoms with Crippen molar-refractivity contribution in [3.05, 3.63) is 59.2 Å². The van der Waals surface area contributed by atoms with Gasteiger partial charge in [0.05, 0.1) is 11.8 Å². The molecule has 0 unspecified atom stereocenters. The van der Waals surface area contributed by atoms with Crippen LogP contribution in [0.25, 0.3) is 0 Å². The molecule has 10 heteroatoms. The van der Waals surface area contributed by atoms with Crippen LogP contribution >= 0.6 is 0 Å². The molecule has 1 aromatic carbocycles. The van der Waals surface area contributed by atoms with Crippen molar-refractivity contribution < 1.29 is 46.5 Å². The van der Waals surface area contributed by atoms with Crippen LogP contribution in [0.2, 0.25) is 0 Å². The summed E-state index contributed by atoms with van der Waals surface area (Å²) in [5.74, 6) is -2.62. The molecule has 1 saturated heterocycles. The van der Waals surface area contributed by atoms with Crippen molar-refractivity contribution in [3.8, 4) is 0 Å². The van der Waals surface area contributed by atoms with Gasteiger partial charge < -0.3 is 18.9 Å². The van der Waals surface area contributed by atoms with E-state index in [0.29, 0.717) is 6.42 Å². The smallest absolute Gasteiger partial charge is 0.432 e. The van der Waals surface area contributed by atoms with E-state index < -0.39 is 53.0 Å². The molecule has 1 saturated carbocycles. The molecule has 3 rings (SSSR count). The molecule has 2 aliphatic rings. The zero-order valence-corrected chi connectivity index (χ0v) is 22.8. The quantitative estimate of drug-likeness (QED) is 0.300. The monoisotopic (exact) mass is 552 g/mol. The lowest BCUT2D eigenvalue weighted by atomic mass is 9.66. The SMILES string of the molecule is CO[C@@H]1CC(=O)[C@@]2(CC(=O)O[C@@H]2/C=C(\C)CCC=C(C)C)C[C@@H]1OC(=O)[C@@](OC)(c1ccccc1)C(F)(F)F. The molecule has 0 aromatic heterocycles. The highest BCUT2D eigenvalue weighted by Gasteiger charge is 2.65. The number of carbonyl (C=O) groups is 3. The first-order chi connectivity index (χ1) is 18.3. The van der Waals surface area contributed by atoms with Crippen molar-refractivity contribution in [1.29, 1.82) is 0 Å². The molecule has 1 spiro atoms. The summed E-state index contributed by atoms with van der Waals surface area (Å²) in [6.07, 6.45) is -3.94. The summed E-state index contributed by atoms with van der Waals surface area (Å²) in [6.45, 7) is 5.82. The zero-order valence-electron chi connectivity index (χ0n) is 22.8. The second-order valence-electron chi connectivity index (χ2n) is 10.4. The van der Waals surface area contributed by atoms with Crippen LogP contribution in [0.15, 0.2) is 53.6 Å². The highest BCUT2D eigenvalue weighted by Crippen LogP contribution is 2.49. The van der Waals surface area contributed by atoms with Crippen LogP contribution in [0.1, 0.15) is 58.4 Å². The average molecular weight is 553 g/mol. The maximum absolute atomic E-state index is 14.4. The van der Waals surface area contributed by atoms with Crippen molar-refractivity contribution >= 4 is 17.7 Å². The molecule has 214 valence electrons. The van der Waals surface area contributed by atoms with E-state index in [-0.39, 0.29) is 25.0 Å². The number of allylic oxidation sites excluding steroid dienone is 3. The maximum atomic E-state index is 14.4. The lowest BCUT2D eigenvalue weighted by Gasteiger charge is -2.42. The van der Waals surface area contributed by atoms with Gasteiger partial charge in [0.1, 0.15) is 24.1 Å². The maximum Gasteiger partial charge on any atom is 0.432 e. The number of methoxy groups -OCH3 is 2. The lowest BCUT2D eigenvalue weighted by Crippen LogP contribution is -2.56. The molecule has 2 fully saturated rings. The second kappa shape index (κ2) is 12.0. The Balaban J connectivity index is 1.95. The van der Waals surface area contributed by atoms with E-state index in [1.54, 1.807) is 6.08 Å². The van der Waals surface area contributed by atoms with E-state index in [1.807, 2.05) is 20.8 Å². The summed E-state index contributed by atoms with van der Waals surface area (Å²) in [5, 5.41) is 0. The van der Waals surface area contributed by atoms with Gasteiger partial charge in [0.25, 0.3) is 5.60 Å². The van der Waals surface area contributed by atoms with Crippen molar-refractivity contribution in [2.45, 2.75) is 83.0 Å². The molecule has 0 radical (unpaired) electrons. The first-order valence-corrected chi connectivity index (χ1v) is 12.8. The summed E-state index contributed by atoms with van der Waals surface area (Å²) >= 11 is 0. The van der Waals surface area contributed by atoms with Crippen LogP contribution < -0.4 is 0 Å². The summed E-state index contributed by atoms with van der Waals surface area (Å²) in [5.41, 5.74) is -3.20. The third-order valence-electron chi connectivity index (χ3n) is 7.45. The first-order valence-electron chi connectivity index (χ1n) is 12.8. The van der Waals surface area contributed by atoms with Crippen LogP contribution in [0.5, 0.6) is 0 Å². The van der Waals surface area contributed by atoms with Gasteiger partial charge in [0.2, 0.25) is 0 Å². The molecule has 7 nitrogen and oxygen atoms in total. The minimum Gasteiger partial charge on any atom is -0.457 e. The predicted molar refractivity (Wildman–Crippen MR) is 135 cm³/mol. The number of hydrogen-bond acceptors (Lipinski definition) is 7. The van der Waals surface area contributed by atoms with Crippen molar-refractivity contribution in [1.82, 2.24) is 0 Å². The molecule has 5 atom stereocenters. The van der Waals surface area contributed by atoms with Crippen LogP contribution in [0.3, 0.4) is 0 Å². The number of hydrogen-bond donors (Lipinski definition) is 0. The number of alkyl halides is 3. The molecule has 1 aliphatic carbocycles. The molecule has 1 aliphatic heterocycles. The molecule has 1 heterocycles. The Bertz CT molecular complexity index is 1120. The number of esters is 2. The number of carbonyl (C=O) groups excluding carboxylic acids is 3. The van der Waals surface area contributed by atoms with E-state index >= 15 is 0 Å². The summed E-state index contributed by atoms with van der Waals surface area (Å²) in [4.78, 5) is 39.2. The molecule has 0 amide bonds. The number of benzene rings is 1. The number of Topliss-reactive ketones (excluding diaryl/α,β-unsaturated/α-hetero) is 1. The number of halogens is 3. The van der Waals surface area contributed by atoms with E-state index in [1.165, 1.54) is 25.3 Å². The Morgan fingerprint density at radius 3 is 2.33 bits per heavy atom. The molecule has 39 heavy (non-hydrogen) atoms. The van der Waals surface area contributed by atoms with Gasteiger partial charge in [-0.1, -0.05) is 47.6 Å². The van der Waals surface area contributed by atoms with Crippen LogP contribution in [-0.2, 0) is 38.9 Å². The average Bonchev–Trinajstić information content (AvgIpc) is 3.16. The lowest BCUT2D eigenvalue weighted by molar-refractivity contribution is -0.280. The van der Waals surface area contributed by atoms with Gasteiger partial charge in [-0.05, 0) is 39.7 Å². The van der Waals surface area contributed by atoms with E-state index in [2.05, 4.69) is 6.08 Å². The fourth-order valence-corrected chi connectivity index (χ4v) is 5.31. The molecule has 1 aromatic rings. The first kappa shape index (κ1) is 30.6. The highest BCUT2D eigenvalue weighted by molar-refractivity contribution is 5.93. The van der Waals surface area contributed by atoms with Gasteiger partial charge >= 0.3 is 18.1 Å². The van der Waals surface area contributed by atoms with Gasteiger partial charge in [-0.2, -0.15) is 13.2 Å². The van der Waals surface area contributed by atoms with Crippen molar-refractivity contribution in [2.75, 3.05) is 14.2 Å². The van der Waals surface area contributed by atoms with Crippen molar-refractivity contribution in [3.63, 3.8) is 0 Å².